The lowest BCUT2D eigenvalue weighted by Crippen LogP contribution is -2.36. The van der Waals surface area contributed by atoms with Gasteiger partial charge in [0.15, 0.2) is 17.5 Å². The van der Waals surface area contributed by atoms with Crippen LogP contribution in [0.25, 0.3) is 0 Å². The number of fused-ring (bicyclic) bond motifs is 1. The van der Waals surface area contributed by atoms with Crippen LogP contribution in [0.5, 0.6) is 17.2 Å². The summed E-state index contributed by atoms with van der Waals surface area (Å²) in [7, 11) is 4.32. The van der Waals surface area contributed by atoms with Gasteiger partial charge in [-0.1, -0.05) is 29.8 Å². The molecule has 0 aliphatic carbocycles. The number of rotatable bonds is 6. The van der Waals surface area contributed by atoms with Crippen LogP contribution in [0.3, 0.4) is 0 Å². The first-order valence-corrected chi connectivity index (χ1v) is 10.7. The zero-order chi connectivity index (χ0) is 25.3. The Morgan fingerprint density at radius 1 is 1.09 bits per heavy atom. The standard InChI is InChI=1S/C24H25F3N4O4/c1-13-5-7-14(8-6-13)17-11-20(24(25,26)27)31-22(30-17)16(12-28-31)23(32)29-15-9-18(33-2)21(35-4)19(10-15)34-3/h5-10,12,17,20,30H,11H2,1-4H3,(H,29,32)/t17-,20+/m0/s1. The van der Waals surface area contributed by atoms with Crippen molar-refractivity contribution in [3.8, 4) is 17.2 Å². The van der Waals surface area contributed by atoms with Gasteiger partial charge in [-0.25, -0.2) is 4.68 Å². The lowest BCUT2D eigenvalue weighted by molar-refractivity contribution is -0.173. The average Bonchev–Trinajstić information content (AvgIpc) is 3.26. The number of hydrogen-bond acceptors (Lipinski definition) is 6. The number of nitrogens with one attached hydrogen (secondary N) is 2. The Morgan fingerprint density at radius 3 is 2.26 bits per heavy atom. The first-order valence-electron chi connectivity index (χ1n) is 10.7. The Hall–Kier alpha value is -3.89. The van der Waals surface area contributed by atoms with Gasteiger partial charge in [0.05, 0.1) is 33.6 Å². The van der Waals surface area contributed by atoms with Crippen LogP contribution in [0.1, 0.15) is 40.0 Å². The molecular formula is C24H25F3N4O4. The van der Waals surface area contributed by atoms with Gasteiger partial charge in [0.2, 0.25) is 5.75 Å². The maximum absolute atomic E-state index is 13.9. The first kappa shape index (κ1) is 24.2. The molecule has 0 radical (unpaired) electrons. The highest BCUT2D eigenvalue weighted by Gasteiger charge is 2.47. The minimum absolute atomic E-state index is 0.00547. The molecule has 0 saturated carbocycles. The fourth-order valence-corrected chi connectivity index (χ4v) is 4.10. The number of aromatic nitrogens is 2. The van der Waals surface area contributed by atoms with Crippen LogP contribution in [-0.2, 0) is 0 Å². The molecule has 3 aromatic rings. The van der Waals surface area contributed by atoms with Crippen molar-refractivity contribution < 1.29 is 32.2 Å². The molecule has 1 amide bonds. The van der Waals surface area contributed by atoms with Gasteiger partial charge in [0.25, 0.3) is 5.91 Å². The van der Waals surface area contributed by atoms with Crippen LogP contribution in [-0.4, -0.2) is 43.2 Å². The summed E-state index contributed by atoms with van der Waals surface area (Å²) in [6.07, 6.45) is -3.67. The number of benzene rings is 2. The summed E-state index contributed by atoms with van der Waals surface area (Å²) >= 11 is 0. The summed E-state index contributed by atoms with van der Waals surface area (Å²) in [5, 5.41) is 9.67. The molecule has 11 heteroatoms. The predicted molar refractivity (Wildman–Crippen MR) is 124 cm³/mol. The number of anilines is 2. The second-order valence-corrected chi connectivity index (χ2v) is 8.12. The molecule has 4 rings (SSSR count). The van der Waals surface area contributed by atoms with Crippen molar-refractivity contribution in [3.63, 3.8) is 0 Å². The predicted octanol–water partition coefficient (Wildman–Crippen LogP) is 5.13. The maximum atomic E-state index is 13.9. The van der Waals surface area contributed by atoms with Crippen molar-refractivity contribution in [2.45, 2.75) is 31.6 Å². The first-order chi connectivity index (χ1) is 16.7. The normalized spacial score (nSPS) is 17.2. The minimum Gasteiger partial charge on any atom is -0.493 e. The fraction of sp³-hybridized carbons (Fsp3) is 0.333. The van der Waals surface area contributed by atoms with Gasteiger partial charge >= 0.3 is 6.18 Å². The molecule has 1 aliphatic rings. The van der Waals surface area contributed by atoms with Crippen LogP contribution >= 0.6 is 0 Å². The molecule has 2 aromatic carbocycles. The van der Waals surface area contributed by atoms with E-state index in [1.165, 1.54) is 33.5 Å². The summed E-state index contributed by atoms with van der Waals surface area (Å²) < 4.78 is 58.5. The number of ether oxygens (including phenoxy) is 3. The molecule has 0 unspecified atom stereocenters. The zero-order valence-electron chi connectivity index (χ0n) is 19.6. The van der Waals surface area contributed by atoms with Crippen LogP contribution in [0.4, 0.5) is 24.7 Å². The van der Waals surface area contributed by atoms with E-state index in [2.05, 4.69) is 15.7 Å². The quantitative estimate of drug-likeness (QED) is 0.498. The van der Waals surface area contributed by atoms with Gasteiger partial charge in [-0.2, -0.15) is 18.3 Å². The summed E-state index contributed by atoms with van der Waals surface area (Å²) in [5.41, 5.74) is 1.97. The van der Waals surface area contributed by atoms with Crippen LogP contribution in [0.2, 0.25) is 0 Å². The molecule has 1 aliphatic heterocycles. The third-order valence-electron chi connectivity index (χ3n) is 5.89. The number of amides is 1. The van der Waals surface area contributed by atoms with Gasteiger partial charge in [-0.3, -0.25) is 4.79 Å². The van der Waals surface area contributed by atoms with E-state index in [9.17, 15) is 18.0 Å². The molecule has 186 valence electrons. The number of aryl methyl sites for hydroxylation is 1. The molecule has 8 nitrogen and oxygen atoms in total. The van der Waals surface area contributed by atoms with E-state index in [-0.39, 0.29) is 17.8 Å². The average molecular weight is 490 g/mol. The summed E-state index contributed by atoms with van der Waals surface area (Å²) in [6, 6.07) is 7.75. The summed E-state index contributed by atoms with van der Waals surface area (Å²) in [6.45, 7) is 1.90. The van der Waals surface area contributed by atoms with Crippen LogP contribution < -0.4 is 24.8 Å². The van der Waals surface area contributed by atoms with Gasteiger partial charge in [0.1, 0.15) is 11.4 Å². The van der Waals surface area contributed by atoms with Gasteiger partial charge in [-0.05, 0) is 12.5 Å². The highest BCUT2D eigenvalue weighted by Crippen LogP contribution is 2.45. The fourth-order valence-electron chi connectivity index (χ4n) is 4.10. The SMILES string of the molecule is COc1cc(NC(=O)c2cnn3c2N[C@H](c2ccc(C)cc2)C[C@@H]3C(F)(F)F)cc(OC)c1OC. The van der Waals surface area contributed by atoms with Crippen molar-refractivity contribution in [3.05, 3.63) is 59.3 Å². The molecule has 0 saturated heterocycles. The van der Waals surface area contributed by atoms with E-state index >= 15 is 0 Å². The Bertz CT molecular complexity index is 1200. The molecule has 0 fully saturated rings. The third kappa shape index (κ3) is 4.71. The number of alkyl halides is 3. The Kier molecular flexibility index (Phi) is 6.51. The lowest BCUT2D eigenvalue weighted by atomic mass is 9.96. The smallest absolute Gasteiger partial charge is 0.410 e. The maximum Gasteiger partial charge on any atom is 0.410 e. The van der Waals surface area contributed by atoms with Gasteiger partial charge < -0.3 is 24.8 Å². The second kappa shape index (κ2) is 9.40. The minimum atomic E-state index is -4.55. The molecule has 1 aromatic heterocycles. The van der Waals surface area contributed by atoms with Crippen LogP contribution in [0, 0.1) is 6.92 Å². The molecule has 2 N–H and O–H groups in total. The van der Waals surface area contributed by atoms with Crippen molar-refractivity contribution in [2.75, 3.05) is 32.0 Å². The molecular weight excluding hydrogens is 465 g/mol. The van der Waals surface area contributed by atoms with E-state index in [0.717, 1.165) is 16.4 Å². The number of nitrogens with zero attached hydrogens (tertiary/aromatic N) is 2. The van der Waals surface area contributed by atoms with Gasteiger partial charge in [0, 0.05) is 24.2 Å². The largest absolute Gasteiger partial charge is 0.493 e. The number of carbonyl (C=O) groups is 1. The van der Waals surface area contributed by atoms with Crippen molar-refractivity contribution in [1.29, 1.82) is 0 Å². The van der Waals surface area contributed by atoms with E-state index in [1.54, 1.807) is 12.1 Å². The number of methoxy groups -OCH3 is 3. The van der Waals surface area contributed by atoms with Crippen LogP contribution in [0.15, 0.2) is 42.6 Å². The van der Waals surface area contributed by atoms with Gasteiger partial charge in [-0.15, -0.1) is 0 Å². The second-order valence-electron chi connectivity index (χ2n) is 8.12. The van der Waals surface area contributed by atoms with Crippen molar-refractivity contribution in [2.24, 2.45) is 0 Å². The number of hydrogen-bond donors (Lipinski definition) is 2. The third-order valence-corrected chi connectivity index (χ3v) is 5.89. The Morgan fingerprint density at radius 2 is 1.71 bits per heavy atom. The zero-order valence-corrected chi connectivity index (χ0v) is 19.6. The highest BCUT2D eigenvalue weighted by molar-refractivity contribution is 6.07. The Labute approximate surface area is 200 Å². The molecule has 0 spiro atoms. The molecule has 35 heavy (non-hydrogen) atoms. The lowest BCUT2D eigenvalue weighted by Gasteiger charge is -2.34. The summed E-state index contributed by atoms with van der Waals surface area (Å²) in [5.74, 6) is 0.321. The van der Waals surface area contributed by atoms with E-state index in [0.29, 0.717) is 28.5 Å². The van der Waals surface area contributed by atoms with E-state index in [1.807, 2.05) is 19.1 Å². The van der Waals surface area contributed by atoms with Crippen molar-refractivity contribution >= 4 is 17.4 Å². The Balaban J connectivity index is 1.69. The highest BCUT2D eigenvalue weighted by atomic mass is 19.4. The molecule has 2 atom stereocenters. The topological polar surface area (TPSA) is 86.6 Å². The molecule has 0 bridgehead atoms. The van der Waals surface area contributed by atoms with E-state index in [4.69, 9.17) is 14.2 Å². The van der Waals surface area contributed by atoms with Crippen molar-refractivity contribution in [1.82, 2.24) is 9.78 Å². The van der Waals surface area contributed by atoms with E-state index < -0.39 is 24.2 Å². The molecule has 2 heterocycles. The number of halogens is 3. The monoisotopic (exact) mass is 490 g/mol. The number of carbonyl (C=O) groups excluding carboxylic acids is 1. The summed E-state index contributed by atoms with van der Waals surface area (Å²) in [4.78, 5) is 13.1.